The Hall–Kier alpha value is -7.12. The Morgan fingerprint density at radius 2 is 1.10 bits per heavy atom. The molecule has 14 aromatic rings. The van der Waals surface area contributed by atoms with Gasteiger partial charge in [-0.1, -0.05) is 103 Å². The van der Waals surface area contributed by atoms with E-state index in [0.717, 1.165) is 54.6 Å². The van der Waals surface area contributed by atoms with Crippen LogP contribution in [0.5, 0.6) is 0 Å². The normalized spacial score (nSPS) is 12.5. The maximum atomic E-state index is 6.43. The van der Waals surface area contributed by atoms with E-state index in [9.17, 15) is 0 Å². The van der Waals surface area contributed by atoms with E-state index in [4.69, 9.17) is 14.4 Å². The monoisotopic (exact) mass is 773 g/mol. The molecule has 5 heterocycles. The van der Waals surface area contributed by atoms with Crippen LogP contribution in [0.2, 0.25) is 0 Å². The molecule has 0 aliphatic heterocycles. The maximum Gasteiger partial charge on any atom is 0.162 e. The highest BCUT2D eigenvalue weighted by molar-refractivity contribution is 7.26. The molecule has 58 heavy (non-hydrogen) atoms. The highest BCUT2D eigenvalue weighted by atomic mass is 32.1. The molecule has 0 saturated carbocycles. The first-order chi connectivity index (χ1) is 28.7. The molecule has 268 valence electrons. The lowest BCUT2D eigenvalue weighted by atomic mass is 10.0. The molecular weight excluding hydrogens is 747 g/mol. The van der Waals surface area contributed by atoms with E-state index >= 15 is 0 Å². The van der Waals surface area contributed by atoms with E-state index in [0.29, 0.717) is 5.82 Å². The van der Waals surface area contributed by atoms with Gasteiger partial charge in [0.15, 0.2) is 11.6 Å². The number of aromatic nitrogens is 3. The molecule has 0 aliphatic rings. The molecule has 0 bridgehead atoms. The van der Waals surface area contributed by atoms with Crippen molar-refractivity contribution in [3.05, 3.63) is 164 Å². The Morgan fingerprint density at radius 3 is 1.97 bits per heavy atom. The zero-order valence-electron chi connectivity index (χ0n) is 30.7. The second-order valence-electron chi connectivity index (χ2n) is 15.3. The van der Waals surface area contributed by atoms with Crippen LogP contribution in [-0.4, -0.2) is 14.5 Å². The first kappa shape index (κ1) is 31.0. The van der Waals surface area contributed by atoms with Gasteiger partial charge in [0.25, 0.3) is 0 Å². The largest absolute Gasteiger partial charge is 0.456 e. The molecular formula is C52H27N3OS2. The Balaban J connectivity index is 1.12. The van der Waals surface area contributed by atoms with Gasteiger partial charge in [0.2, 0.25) is 0 Å². The number of para-hydroxylation sites is 1. The molecule has 0 spiro atoms. The van der Waals surface area contributed by atoms with Crippen LogP contribution >= 0.6 is 22.7 Å². The summed E-state index contributed by atoms with van der Waals surface area (Å²) in [5.74, 6) is 1.57. The van der Waals surface area contributed by atoms with Crippen molar-refractivity contribution in [1.82, 2.24) is 14.5 Å². The van der Waals surface area contributed by atoms with Gasteiger partial charge in [-0.25, -0.2) is 9.97 Å². The summed E-state index contributed by atoms with van der Waals surface area (Å²) < 4.78 is 13.7. The number of furan rings is 1. The van der Waals surface area contributed by atoms with Crippen LogP contribution in [0.1, 0.15) is 0 Å². The first-order valence-corrected chi connectivity index (χ1v) is 21.1. The number of thiophene rings is 2. The summed E-state index contributed by atoms with van der Waals surface area (Å²) in [5.41, 5.74) is 5.90. The molecule has 0 N–H and O–H groups in total. The van der Waals surface area contributed by atoms with E-state index in [1.54, 1.807) is 11.3 Å². The molecule has 0 amide bonds. The third-order valence-corrected chi connectivity index (χ3v) is 14.4. The minimum Gasteiger partial charge on any atom is -0.456 e. The zero-order chi connectivity index (χ0) is 37.6. The molecule has 14 rings (SSSR count). The van der Waals surface area contributed by atoms with Crippen LogP contribution in [-0.2, 0) is 0 Å². The molecule has 9 aromatic carbocycles. The Morgan fingerprint density at radius 1 is 0.414 bits per heavy atom. The van der Waals surface area contributed by atoms with Crippen molar-refractivity contribution >= 4 is 139 Å². The van der Waals surface area contributed by atoms with Gasteiger partial charge in [-0.15, -0.1) is 22.7 Å². The van der Waals surface area contributed by atoms with E-state index < -0.39 is 0 Å². The third-order valence-electron chi connectivity index (χ3n) is 12.2. The quantitative estimate of drug-likeness (QED) is 0.176. The minimum absolute atomic E-state index is 0.685. The summed E-state index contributed by atoms with van der Waals surface area (Å²) >= 11 is 3.64. The maximum absolute atomic E-state index is 6.43. The number of nitrogens with zero attached hydrogens (tertiary/aromatic N) is 3. The standard InChI is InChI=1S/C52H27N3OS2/c1-3-11-32-28(9-1)17-22-42-46(32)38-25-31(18-21-41(38)56-42)51-53-49-48-33-12-4-2-10-29(33)19-23-45(48)58-50(49)52(54-51)55-39-15-7-5-13-34(39)37-27-36-30(26-40(37)55)20-24-44-47(36)35-14-6-8-16-43(35)57-44/h1-27H. The molecule has 0 radical (unpaired) electrons. The van der Waals surface area contributed by atoms with Crippen molar-refractivity contribution in [2.24, 2.45) is 0 Å². The molecule has 0 aliphatic carbocycles. The minimum atomic E-state index is 0.685. The predicted molar refractivity (Wildman–Crippen MR) is 247 cm³/mol. The number of rotatable bonds is 2. The lowest BCUT2D eigenvalue weighted by Gasteiger charge is -2.11. The smallest absolute Gasteiger partial charge is 0.162 e. The van der Waals surface area contributed by atoms with Crippen molar-refractivity contribution in [1.29, 1.82) is 0 Å². The molecule has 0 saturated heterocycles. The number of benzene rings is 9. The second kappa shape index (κ2) is 11.3. The van der Waals surface area contributed by atoms with Gasteiger partial charge >= 0.3 is 0 Å². The Kier molecular flexibility index (Phi) is 6.02. The second-order valence-corrected chi connectivity index (χ2v) is 17.4. The average molecular weight is 774 g/mol. The zero-order valence-corrected chi connectivity index (χ0v) is 32.3. The summed E-state index contributed by atoms with van der Waals surface area (Å²) in [5, 5.41) is 15.6. The van der Waals surface area contributed by atoms with Crippen LogP contribution in [0.25, 0.3) is 134 Å². The molecule has 4 nitrogen and oxygen atoms in total. The van der Waals surface area contributed by atoms with Gasteiger partial charge in [0.05, 0.1) is 21.3 Å². The molecule has 5 aromatic heterocycles. The third kappa shape index (κ3) is 4.12. The van der Waals surface area contributed by atoms with Crippen LogP contribution in [0, 0.1) is 0 Å². The fraction of sp³-hybridized carbons (Fsp3) is 0. The number of fused-ring (bicyclic) bond motifs is 18. The van der Waals surface area contributed by atoms with Crippen LogP contribution in [0.4, 0.5) is 0 Å². The fourth-order valence-electron chi connectivity index (χ4n) is 9.60. The lowest BCUT2D eigenvalue weighted by molar-refractivity contribution is 0.669. The van der Waals surface area contributed by atoms with E-state index in [2.05, 4.69) is 168 Å². The summed E-state index contributed by atoms with van der Waals surface area (Å²) in [6, 6.07) is 59.2. The van der Waals surface area contributed by atoms with Gasteiger partial charge in [0, 0.05) is 57.4 Å². The summed E-state index contributed by atoms with van der Waals surface area (Å²) in [6.45, 7) is 0. The highest BCUT2D eigenvalue weighted by Gasteiger charge is 2.23. The van der Waals surface area contributed by atoms with Crippen LogP contribution < -0.4 is 0 Å². The first-order valence-electron chi connectivity index (χ1n) is 19.5. The predicted octanol–water partition coefficient (Wildman–Crippen LogP) is 15.3. The van der Waals surface area contributed by atoms with Crippen molar-refractivity contribution in [3.8, 4) is 17.2 Å². The van der Waals surface area contributed by atoms with E-state index in [-0.39, 0.29) is 0 Å². The van der Waals surface area contributed by atoms with Gasteiger partial charge in [-0.2, -0.15) is 0 Å². The van der Waals surface area contributed by atoms with Crippen molar-refractivity contribution in [2.45, 2.75) is 0 Å². The Labute approximate surface area is 337 Å². The van der Waals surface area contributed by atoms with Crippen molar-refractivity contribution in [3.63, 3.8) is 0 Å². The lowest BCUT2D eigenvalue weighted by Crippen LogP contribution is -2.01. The van der Waals surface area contributed by atoms with Gasteiger partial charge < -0.3 is 4.42 Å². The van der Waals surface area contributed by atoms with E-state index in [1.165, 1.54) is 73.3 Å². The Bertz CT molecular complexity index is 4110. The summed E-state index contributed by atoms with van der Waals surface area (Å²) in [7, 11) is 0. The molecule has 0 atom stereocenters. The van der Waals surface area contributed by atoms with Crippen molar-refractivity contribution < 1.29 is 4.42 Å². The van der Waals surface area contributed by atoms with Gasteiger partial charge in [-0.3, -0.25) is 4.57 Å². The molecule has 0 fully saturated rings. The van der Waals surface area contributed by atoms with Crippen LogP contribution in [0.15, 0.2) is 168 Å². The summed E-state index contributed by atoms with van der Waals surface area (Å²) in [6.07, 6.45) is 0. The highest BCUT2D eigenvalue weighted by Crippen LogP contribution is 2.46. The van der Waals surface area contributed by atoms with E-state index in [1.807, 2.05) is 11.3 Å². The SMILES string of the molecule is c1ccc2c(c1)ccc1oc3ccc(-c4nc(-n5c6ccccc6c6cc7c(ccc8sc9ccccc9c87)cc65)c5sc6ccc7ccccc7c6c5n4)cc3c12. The fourth-order valence-corrected chi connectivity index (χ4v) is 11.9. The number of hydrogen-bond donors (Lipinski definition) is 0. The molecule has 0 unspecified atom stereocenters. The van der Waals surface area contributed by atoms with Gasteiger partial charge in [0.1, 0.15) is 11.2 Å². The molecule has 6 heteroatoms. The number of hydrogen-bond acceptors (Lipinski definition) is 5. The van der Waals surface area contributed by atoms with Crippen LogP contribution in [0.3, 0.4) is 0 Å². The summed E-state index contributed by atoms with van der Waals surface area (Å²) in [4.78, 5) is 11.1. The topological polar surface area (TPSA) is 43.9 Å². The van der Waals surface area contributed by atoms with Gasteiger partial charge in [-0.05, 0) is 93.0 Å². The van der Waals surface area contributed by atoms with Crippen molar-refractivity contribution in [2.75, 3.05) is 0 Å². The average Bonchev–Trinajstić information content (AvgIpc) is 4.04.